The molecule has 0 saturated heterocycles. The third-order valence-corrected chi connectivity index (χ3v) is 3.56. The van der Waals surface area contributed by atoms with Gasteiger partial charge in [-0.2, -0.15) is 0 Å². The summed E-state index contributed by atoms with van der Waals surface area (Å²) in [5, 5.41) is 9.00. The van der Waals surface area contributed by atoms with Gasteiger partial charge in [-0.15, -0.1) is 0 Å². The molecule has 0 saturated carbocycles. The van der Waals surface area contributed by atoms with Crippen LogP contribution in [-0.2, 0) is 26.2 Å². The molecule has 0 fully saturated rings. The van der Waals surface area contributed by atoms with Gasteiger partial charge in [0.05, 0.1) is 7.11 Å². The van der Waals surface area contributed by atoms with Crippen molar-refractivity contribution in [2.45, 2.75) is 45.4 Å². The van der Waals surface area contributed by atoms with Crippen molar-refractivity contribution in [1.29, 1.82) is 0 Å². The molecular weight excluding hydrogens is 268 g/mol. The highest BCUT2D eigenvalue weighted by Crippen LogP contribution is 2.22. The summed E-state index contributed by atoms with van der Waals surface area (Å²) in [5.74, 6) is -2.86. The number of carboxylic acids is 1. The number of benzene rings is 1. The maximum atomic E-state index is 11.3. The maximum absolute atomic E-state index is 11.3. The average Bonchev–Trinajstić information content (AvgIpc) is 2.42. The number of ether oxygens (including phenoxy) is 1. The highest BCUT2D eigenvalue weighted by molar-refractivity contribution is 5.93. The second-order valence-corrected chi connectivity index (χ2v) is 6.25. The molecule has 0 aliphatic carbocycles. The molecule has 21 heavy (non-hydrogen) atoms. The number of esters is 1. The summed E-state index contributed by atoms with van der Waals surface area (Å²) in [7, 11) is 1.21. The van der Waals surface area contributed by atoms with Gasteiger partial charge in [0.1, 0.15) is 0 Å². The number of hydrogen-bond acceptors (Lipinski definition) is 3. The predicted molar refractivity (Wildman–Crippen MR) is 81.2 cm³/mol. The normalized spacial score (nSPS) is 12.8. The summed E-state index contributed by atoms with van der Waals surface area (Å²) in [6.45, 7) is 6.49. The van der Waals surface area contributed by atoms with E-state index in [4.69, 9.17) is 5.11 Å². The van der Waals surface area contributed by atoms with Crippen LogP contribution in [0, 0.1) is 5.92 Å². The Morgan fingerprint density at radius 2 is 1.76 bits per heavy atom. The lowest BCUT2D eigenvalue weighted by Crippen LogP contribution is -2.25. The van der Waals surface area contributed by atoms with Crippen LogP contribution in [0.25, 0.3) is 0 Å². The molecule has 0 spiro atoms. The van der Waals surface area contributed by atoms with Crippen LogP contribution in [0.2, 0.25) is 0 Å². The van der Waals surface area contributed by atoms with Gasteiger partial charge in [0.2, 0.25) is 0 Å². The van der Waals surface area contributed by atoms with E-state index in [1.807, 2.05) is 0 Å². The molecular formula is C17H24O4. The monoisotopic (exact) mass is 292 g/mol. The van der Waals surface area contributed by atoms with Crippen molar-refractivity contribution in [1.82, 2.24) is 0 Å². The van der Waals surface area contributed by atoms with Crippen molar-refractivity contribution in [2.75, 3.05) is 7.11 Å². The van der Waals surface area contributed by atoms with Crippen LogP contribution in [0.15, 0.2) is 24.3 Å². The van der Waals surface area contributed by atoms with Gasteiger partial charge in [-0.1, -0.05) is 45.0 Å². The Morgan fingerprint density at radius 1 is 1.19 bits per heavy atom. The van der Waals surface area contributed by atoms with E-state index < -0.39 is 17.9 Å². The summed E-state index contributed by atoms with van der Waals surface area (Å²) in [6, 6.07) is 8.33. The smallest absolute Gasteiger partial charge is 0.320 e. The zero-order chi connectivity index (χ0) is 16.0. The predicted octanol–water partition coefficient (Wildman–Crippen LogP) is 3.18. The molecule has 116 valence electrons. The van der Waals surface area contributed by atoms with Crippen LogP contribution in [0.5, 0.6) is 0 Å². The minimum Gasteiger partial charge on any atom is -0.481 e. The first-order valence-electron chi connectivity index (χ1n) is 7.15. The summed E-state index contributed by atoms with van der Waals surface area (Å²) in [6.07, 6.45) is 1.69. The van der Waals surface area contributed by atoms with Crippen LogP contribution < -0.4 is 0 Å². The summed E-state index contributed by atoms with van der Waals surface area (Å²) in [5.41, 5.74) is 2.54. The Bertz CT molecular complexity index is 483. The SMILES string of the molecule is COC(=O)[C@H](CCCc1ccc(C(C)(C)C)cc1)C(=O)O. The molecule has 0 aliphatic heterocycles. The van der Waals surface area contributed by atoms with E-state index in [0.717, 1.165) is 12.0 Å². The Kier molecular flexibility index (Phi) is 5.94. The van der Waals surface area contributed by atoms with Gasteiger partial charge in [-0.25, -0.2) is 0 Å². The van der Waals surface area contributed by atoms with Crippen molar-refractivity contribution < 1.29 is 19.4 Å². The van der Waals surface area contributed by atoms with Gasteiger partial charge in [-0.3, -0.25) is 9.59 Å². The fourth-order valence-electron chi connectivity index (χ4n) is 2.17. The zero-order valence-electron chi connectivity index (χ0n) is 13.2. The number of rotatable bonds is 6. The van der Waals surface area contributed by atoms with Gasteiger partial charge in [-0.05, 0) is 35.8 Å². The van der Waals surface area contributed by atoms with Crippen LogP contribution in [0.4, 0.5) is 0 Å². The van der Waals surface area contributed by atoms with Crippen LogP contribution in [0.3, 0.4) is 0 Å². The summed E-state index contributed by atoms with van der Waals surface area (Å²) >= 11 is 0. The average molecular weight is 292 g/mol. The molecule has 0 unspecified atom stereocenters. The van der Waals surface area contributed by atoms with Crippen molar-refractivity contribution in [3.8, 4) is 0 Å². The lowest BCUT2D eigenvalue weighted by molar-refractivity contribution is -0.157. The van der Waals surface area contributed by atoms with E-state index in [0.29, 0.717) is 12.8 Å². The molecule has 1 aromatic carbocycles. The standard InChI is InChI=1S/C17H24O4/c1-17(2,3)13-10-8-12(9-11-13)6-5-7-14(15(18)19)16(20)21-4/h8-11,14H,5-7H2,1-4H3,(H,18,19)/t14-/m1/s1. The van der Waals surface area contributed by atoms with Crippen LogP contribution in [0.1, 0.15) is 44.7 Å². The molecule has 1 aromatic rings. The quantitative estimate of drug-likeness (QED) is 0.646. The molecule has 1 N–H and O–H groups in total. The molecule has 0 bridgehead atoms. The Hall–Kier alpha value is -1.84. The topological polar surface area (TPSA) is 63.6 Å². The molecule has 0 radical (unpaired) electrons. The number of carboxylic acid groups (broad SMARTS) is 1. The largest absolute Gasteiger partial charge is 0.481 e. The number of aliphatic carboxylic acids is 1. The summed E-state index contributed by atoms with van der Waals surface area (Å²) in [4.78, 5) is 22.3. The third-order valence-electron chi connectivity index (χ3n) is 3.56. The van der Waals surface area contributed by atoms with Crippen molar-refractivity contribution >= 4 is 11.9 Å². The van der Waals surface area contributed by atoms with Gasteiger partial charge < -0.3 is 9.84 Å². The Labute approximate surface area is 126 Å². The van der Waals surface area contributed by atoms with Crippen LogP contribution >= 0.6 is 0 Å². The molecule has 4 heteroatoms. The third kappa shape index (κ3) is 5.21. The first-order valence-corrected chi connectivity index (χ1v) is 7.15. The first kappa shape index (κ1) is 17.2. The highest BCUT2D eigenvalue weighted by atomic mass is 16.5. The Balaban J connectivity index is 2.56. The summed E-state index contributed by atoms with van der Waals surface area (Å²) < 4.78 is 4.51. The number of aryl methyl sites for hydroxylation is 1. The number of hydrogen-bond donors (Lipinski definition) is 1. The van der Waals surface area contributed by atoms with Gasteiger partial charge in [0.25, 0.3) is 0 Å². The number of methoxy groups -OCH3 is 1. The molecule has 1 rings (SSSR count). The Morgan fingerprint density at radius 3 is 2.19 bits per heavy atom. The van der Waals surface area contributed by atoms with E-state index in [-0.39, 0.29) is 5.41 Å². The lowest BCUT2D eigenvalue weighted by atomic mass is 9.86. The lowest BCUT2D eigenvalue weighted by Gasteiger charge is -2.19. The van der Waals surface area contributed by atoms with Gasteiger partial charge in [0.15, 0.2) is 5.92 Å². The molecule has 0 aromatic heterocycles. The van der Waals surface area contributed by atoms with Gasteiger partial charge >= 0.3 is 11.9 Å². The minimum absolute atomic E-state index is 0.123. The maximum Gasteiger partial charge on any atom is 0.320 e. The minimum atomic E-state index is -1.12. The fraction of sp³-hybridized carbons (Fsp3) is 0.529. The molecule has 4 nitrogen and oxygen atoms in total. The van der Waals surface area contributed by atoms with Gasteiger partial charge in [0, 0.05) is 0 Å². The van der Waals surface area contributed by atoms with E-state index in [1.54, 1.807) is 0 Å². The number of carbonyl (C=O) groups is 2. The van der Waals surface area contributed by atoms with E-state index in [9.17, 15) is 9.59 Å². The molecule has 0 heterocycles. The second kappa shape index (κ2) is 7.25. The first-order chi connectivity index (χ1) is 9.75. The van der Waals surface area contributed by atoms with E-state index in [1.165, 1.54) is 12.7 Å². The zero-order valence-corrected chi connectivity index (χ0v) is 13.2. The number of carbonyl (C=O) groups excluding carboxylic acids is 1. The second-order valence-electron chi connectivity index (χ2n) is 6.25. The highest BCUT2D eigenvalue weighted by Gasteiger charge is 2.26. The van der Waals surface area contributed by atoms with Crippen LogP contribution in [-0.4, -0.2) is 24.2 Å². The molecule has 1 atom stereocenters. The fourth-order valence-corrected chi connectivity index (χ4v) is 2.17. The molecule has 0 amide bonds. The van der Waals surface area contributed by atoms with Crippen molar-refractivity contribution in [3.05, 3.63) is 35.4 Å². The van der Waals surface area contributed by atoms with Crippen molar-refractivity contribution in [2.24, 2.45) is 5.92 Å². The van der Waals surface area contributed by atoms with Crippen molar-refractivity contribution in [3.63, 3.8) is 0 Å². The van der Waals surface area contributed by atoms with E-state index >= 15 is 0 Å². The molecule has 0 aliphatic rings. The van der Waals surface area contributed by atoms with E-state index in [2.05, 4.69) is 49.8 Å².